The van der Waals surface area contributed by atoms with E-state index in [0.717, 1.165) is 19.4 Å². The van der Waals surface area contributed by atoms with Crippen LogP contribution in [-0.4, -0.2) is 45.7 Å². The zero-order valence-corrected chi connectivity index (χ0v) is 11.8. The van der Waals surface area contributed by atoms with Crippen molar-refractivity contribution in [2.24, 2.45) is 12.8 Å². The van der Waals surface area contributed by atoms with Crippen LogP contribution in [-0.2, 0) is 23.1 Å². The monoisotopic (exact) mass is 285 g/mol. The molecule has 1 fully saturated rings. The average Bonchev–Trinajstić information content (AvgIpc) is 3.04. The summed E-state index contributed by atoms with van der Waals surface area (Å²) in [6.45, 7) is 1.73. The maximum Gasteiger partial charge on any atom is 0.230 e. The van der Waals surface area contributed by atoms with Gasteiger partial charge in [-0.2, -0.15) is 0 Å². The molecule has 0 aliphatic carbocycles. The zero-order valence-electron chi connectivity index (χ0n) is 11.0. The topological polar surface area (TPSA) is 95.1 Å². The number of rotatable bonds is 6. The minimum absolute atomic E-state index is 0.0159. The standard InChI is InChI=1S/C11H19N5O2S/c1-16-9(5-12)14-15-11(16)19-7-10(17)13-6-8-3-2-4-18-8/h8H,2-7,12H2,1H3,(H,13,17). The van der Waals surface area contributed by atoms with Crippen LogP contribution >= 0.6 is 11.8 Å². The van der Waals surface area contributed by atoms with Crippen LogP contribution in [0.15, 0.2) is 5.16 Å². The molecule has 0 radical (unpaired) electrons. The van der Waals surface area contributed by atoms with Crippen LogP contribution in [0.2, 0.25) is 0 Å². The Kier molecular flexibility index (Phi) is 5.17. The Morgan fingerprint density at radius 1 is 1.63 bits per heavy atom. The molecule has 1 atom stereocenters. The highest BCUT2D eigenvalue weighted by Crippen LogP contribution is 2.15. The fourth-order valence-corrected chi connectivity index (χ4v) is 2.62. The molecule has 106 valence electrons. The molecular weight excluding hydrogens is 266 g/mol. The van der Waals surface area contributed by atoms with Gasteiger partial charge in [-0.25, -0.2) is 0 Å². The fourth-order valence-electron chi connectivity index (χ4n) is 1.86. The number of carbonyl (C=O) groups is 1. The summed E-state index contributed by atoms with van der Waals surface area (Å²) in [4.78, 5) is 11.7. The van der Waals surface area contributed by atoms with Gasteiger partial charge in [0.15, 0.2) is 5.16 Å². The van der Waals surface area contributed by atoms with Crippen molar-refractivity contribution in [1.82, 2.24) is 20.1 Å². The third kappa shape index (κ3) is 3.92. The van der Waals surface area contributed by atoms with Crippen molar-refractivity contribution >= 4 is 17.7 Å². The van der Waals surface area contributed by atoms with Gasteiger partial charge >= 0.3 is 0 Å². The van der Waals surface area contributed by atoms with Crippen molar-refractivity contribution in [2.45, 2.75) is 30.6 Å². The third-order valence-corrected chi connectivity index (χ3v) is 4.01. The maximum absolute atomic E-state index is 11.7. The third-order valence-electron chi connectivity index (χ3n) is 2.99. The largest absolute Gasteiger partial charge is 0.376 e. The molecular formula is C11H19N5O2S. The van der Waals surface area contributed by atoms with Crippen molar-refractivity contribution in [3.8, 4) is 0 Å². The minimum atomic E-state index is -0.0159. The molecule has 19 heavy (non-hydrogen) atoms. The molecule has 7 nitrogen and oxygen atoms in total. The SMILES string of the molecule is Cn1c(CN)nnc1SCC(=O)NCC1CCCO1. The Labute approximate surface area is 116 Å². The molecule has 0 bridgehead atoms. The Morgan fingerprint density at radius 2 is 2.47 bits per heavy atom. The fraction of sp³-hybridized carbons (Fsp3) is 0.727. The lowest BCUT2D eigenvalue weighted by Crippen LogP contribution is -2.32. The average molecular weight is 285 g/mol. The number of aromatic nitrogens is 3. The van der Waals surface area contributed by atoms with E-state index in [4.69, 9.17) is 10.5 Å². The summed E-state index contributed by atoms with van der Waals surface area (Å²) in [5.41, 5.74) is 5.51. The summed E-state index contributed by atoms with van der Waals surface area (Å²) in [7, 11) is 1.84. The van der Waals surface area contributed by atoms with Crippen LogP contribution < -0.4 is 11.1 Å². The Bertz CT molecular complexity index is 431. The van der Waals surface area contributed by atoms with Crippen LogP contribution in [0.4, 0.5) is 0 Å². The zero-order chi connectivity index (χ0) is 13.7. The van der Waals surface area contributed by atoms with E-state index in [1.807, 2.05) is 7.05 Å². The molecule has 8 heteroatoms. The number of nitrogens with zero attached hydrogens (tertiary/aromatic N) is 3. The van der Waals surface area contributed by atoms with Crippen molar-refractivity contribution in [3.05, 3.63) is 5.82 Å². The normalized spacial score (nSPS) is 18.7. The molecule has 3 N–H and O–H groups in total. The number of hydrogen-bond acceptors (Lipinski definition) is 6. The number of nitrogens with two attached hydrogens (primary N) is 1. The summed E-state index contributed by atoms with van der Waals surface area (Å²) in [5.74, 6) is 1.02. The van der Waals surface area contributed by atoms with Gasteiger partial charge in [-0.1, -0.05) is 11.8 Å². The summed E-state index contributed by atoms with van der Waals surface area (Å²) >= 11 is 1.35. The molecule has 1 aromatic rings. The number of nitrogens with one attached hydrogen (secondary N) is 1. The van der Waals surface area contributed by atoms with Gasteiger partial charge in [0.05, 0.1) is 18.4 Å². The Hall–Kier alpha value is -1.12. The van der Waals surface area contributed by atoms with Gasteiger partial charge < -0.3 is 20.4 Å². The van der Waals surface area contributed by atoms with Crippen LogP contribution in [0.3, 0.4) is 0 Å². The second kappa shape index (κ2) is 6.88. The molecule has 1 aromatic heterocycles. The van der Waals surface area contributed by atoms with E-state index in [1.165, 1.54) is 11.8 Å². The predicted molar refractivity (Wildman–Crippen MR) is 71.6 cm³/mol. The summed E-state index contributed by atoms with van der Waals surface area (Å²) in [6, 6.07) is 0. The summed E-state index contributed by atoms with van der Waals surface area (Å²) < 4.78 is 7.24. The minimum Gasteiger partial charge on any atom is -0.376 e. The van der Waals surface area contributed by atoms with Gasteiger partial charge in [0.1, 0.15) is 5.82 Å². The number of ether oxygens (including phenoxy) is 1. The number of thioether (sulfide) groups is 1. The smallest absolute Gasteiger partial charge is 0.230 e. The van der Waals surface area contributed by atoms with E-state index in [-0.39, 0.29) is 12.0 Å². The van der Waals surface area contributed by atoms with Crippen molar-refractivity contribution < 1.29 is 9.53 Å². The maximum atomic E-state index is 11.7. The van der Waals surface area contributed by atoms with E-state index in [0.29, 0.717) is 29.8 Å². The van der Waals surface area contributed by atoms with Crippen LogP contribution in [0.1, 0.15) is 18.7 Å². The molecule has 1 unspecified atom stereocenters. The first-order valence-corrected chi connectivity index (χ1v) is 7.28. The molecule has 1 amide bonds. The van der Waals surface area contributed by atoms with Gasteiger partial charge in [-0.3, -0.25) is 4.79 Å². The molecule has 2 rings (SSSR count). The van der Waals surface area contributed by atoms with Crippen LogP contribution in [0.25, 0.3) is 0 Å². The Balaban J connectivity index is 1.71. The second-order valence-electron chi connectivity index (χ2n) is 4.39. The van der Waals surface area contributed by atoms with Crippen molar-refractivity contribution in [2.75, 3.05) is 18.9 Å². The molecule has 1 aliphatic rings. The highest BCUT2D eigenvalue weighted by atomic mass is 32.2. The summed E-state index contributed by atoms with van der Waals surface area (Å²) in [6.07, 6.45) is 2.28. The predicted octanol–water partition coefficient (Wildman–Crippen LogP) is -0.339. The van der Waals surface area contributed by atoms with Gasteiger partial charge in [-0.05, 0) is 12.8 Å². The van der Waals surface area contributed by atoms with Crippen molar-refractivity contribution in [3.63, 3.8) is 0 Å². The number of carbonyl (C=O) groups excluding carboxylic acids is 1. The highest BCUT2D eigenvalue weighted by Gasteiger charge is 2.16. The lowest BCUT2D eigenvalue weighted by atomic mass is 10.2. The molecule has 1 saturated heterocycles. The van der Waals surface area contributed by atoms with E-state index in [9.17, 15) is 4.79 Å². The first-order chi connectivity index (χ1) is 9.20. The van der Waals surface area contributed by atoms with Crippen LogP contribution in [0, 0.1) is 0 Å². The van der Waals surface area contributed by atoms with E-state index in [1.54, 1.807) is 4.57 Å². The first-order valence-electron chi connectivity index (χ1n) is 6.30. The molecule has 0 spiro atoms. The van der Waals surface area contributed by atoms with Gasteiger partial charge in [0, 0.05) is 20.2 Å². The lowest BCUT2D eigenvalue weighted by molar-refractivity contribution is -0.119. The van der Waals surface area contributed by atoms with E-state index < -0.39 is 0 Å². The highest BCUT2D eigenvalue weighted by molar-refractivity contribution is 7.99. The molecule has 2 heterocycles. The second-order valence-corrected chi connectivity index (χ2v) is 5.33. The van der Waals surface area contributed by atoms with Gasteiger partial charge in [0.25, 0.3) is 0 Å². The quantitative estimate of drug-likeness (QED) is 0.694. The number of amides is 1. The summed E-state index contributed by atoms with van der Waals surface area (Å²) in [5, 5.41) is 11.5. The van der Waals surface area contributed by atoms with Gasteiger partial charge in [0.2, 0.25) is 5.91 Å². The van der Waals surface area contributed by atoms with Crippen molar-refractivity contribution in [1.29, 1.82) is 0 Å². The molecule has 0 saturated carbocycles. The first kappa shape index (κ1) is 14.3. The van der Waals surface area contributed by atoms with E-state index in [2.05, 4.69) is 15.5 Å². The number of hydrogen-bond donors (Lipinski definition) is 2. The molecule has 1 aliphatic heterocycles. The Morgan fingerprint density at radius 3 is 3.11 bits per heavy atom. The lowest BCUT2D eigenvalue weighted by Gasteiger charge is -2.10. The van der Waals surface area contributed by atoms with Crippen LogP contribution in [0.5, 0.6) is 0 Å². The van der Waals surface area contributed by atoms with Gasteiger partial charge in [-0.15, -0.1) is 10.2 Å². The van der Waals surface area contributed by atoms with E-state index >= 15 is 0 Å². The molecule has 0 aromatic carbocycles.